The van der Waals surface area contributed by atoms with Gasteiger partial charge in [-0.2, -0.15) is 0 Å². The number of rotatable bonds is 2. The first-order valence-electron chi connectivity index (χ1n) is 9.39. The van der Waals surface area contributed by atoms with Crippen LogP contribution in [0.15, 0.2) is 12.4 Å². The van der Waals surface area contributed by atoms with Crippen molar-refractivity contribution in [2.24, 2.45) is 0 Å². The van der Waals surface area contributed by atoms with Gasteiger partial charge in [0.05, 0.1) is 6.54 Å². The van der Waals surface area contributed by atoms with Gasteiger partial charge in [-0.1, -0.05) is 6.92 Å². The fraction of sp³-hybridized carbons (Fsp3) is 0.722. The Morgan fingerprint density at radius 3 is 2.60 bits per heavy atom. The lowest BCUT2D eigenvalue weighted by Gasteiger charge is -2.46. The van der Waals surface area contributed by atoms with Crippen LogP contribution in [0.1, 0.15) is 44.9 Å². The first kappa shape index (κ1) is 16.6. The van der Waals surface area contributed by atoms with Crippen molar-refractivity contribution >= 4 is 11.8 Å². The molecule has 0 aromatic carbocycles. The summed E-state index contributed by atoms with van der Waals surface area (Å²) in [4.78, 5) is 33.2. The highest BCUT2D eigenvalue weighted by atomic mass is 16.5. The molecule has 4 rings (SSSR count). The van der Waals surface area contributed by atoms with Crippen LogP contribution in [-0.2, 0) is 26.5 Å². The molecule has 0 radical (unpaired) electrons. The SMILES string of the molecule is CCC(=O)N1CCC2(CC1)O[C@H](C(=O)N1CCCC1)Cn1ccnc12. The van der Waals surface area contributed by atoms with Crippen LogP contribution >= 0.6 is 0 Å². The number of likely N-dealkylation sites (tertiary alicyclic amines) is 2. The van der Waals surface area contributed by atoms with Crippen molar-refractivity contribution in [1.29, 1.82) is 0 Å². The summed E-state index contributed by atoms with van der Waals surface area (Å²) in [5.41, 5.74) is -0.549. The first-order valence-corrected chi connectivity index (χ1v) is 9.39. The number of imidazole rings is 1. The predicted molar refractivity (Wildman–Crippen MR) is 90.7 cm³/mol. The Morgan fingerprint density at radius 1 is 1.20 bits per heavy atom. The van der Waals surface area contributed by atoms with Gasteiger partial charge >= 0.3 is 0 Å². The van der Waals surface area contributed by atoms with Gasteiger partial charge in [-0.05, 0) is 12.8 Å². The molecule has 2 amide bonds. The smallest absolute Gasteiger partial charge is 0.253 e. The van der Waals surface area contributed by atoms with Crippen LogP contribution < -0.4 is 0 Å². The van der Waals surface area contributed by atoms with Gasteiger partial charge < -0.3 is 19.1 Å². The Morgan fingerprint density at radius 2 is 1.92 bits per heavy atom. The van der Waals surface area contributed by atoms with Gasteiger partial charge in [-0.25, -0.2) is 4.98 Å². The molecule has 1 aromatic rings. The molecule has 2 fully saturated rings. The molecular weight excluding hydrogens is 320 g/mol. The van der Waals surface area contributed by atoms with Crippen molar-refractivity contribution in [2.75, 3.05) is 26.2 Å². The highest BCUT2D eigenvalue weighted by Gasteiger charge is 2.48. The third-order valence-corrected chi connectivity index (χ3v) is 5.77. The molecule has 7 heteroatoms. The van der Waals surface area contributed by atoms with Crippen LogP contribution in [0.4, 0.5) is 0 Å². The molecule has 0 N–H and O–H groups in total. The number of hydrogen-bond acceptors (Lipinski definition) is 4. The quantitative estimate of drug-likeness (QED) is 0.805. The molecule has 4 heterocycles. The molecule has 0 aliphatic carbocycles. The van der Waals surface area contributed by atoms with Crippen molar-refractivity contribution in [1.82, 2.24) is 19.4 Å². The Bertz CT molecular complexity index is 657. The summed E-state index contributed by atoms with van der Waals surface area (Å²) in [5.74, 6) is 1.18. The van der Waals surface area contributed by atoms with E-state index in [1.54, 1.807) is 6.20 Å². The second-order valence-electron chi connectivity index (χ2n) is 7.27. The van der Waals surface area contributed by atoms with E-state index in [9.17, 15) is 9.59 Å². The number of ether oxygens (including phenoxy) is 1. The Hall–Kier alpha value is -1.89. The minimum atomic E-state index is -0.549. The fourth-order valence-electron chi connectivity index (χ4n) is 4.35. The molecule has 3 aliphatic rings. The van der Waals surface area contributed by atoms with E-state index in [4.69, 9.17) is 4.74 Å². The maximum atomic E-state index is 12.9. The van der Waals surface area contributed by atoms with Gasteiger partial charge in [-0.15, -0.1) is 0 Å². The largest absolute Gasteiger partial charge is 0.352 e. The second-order valence-corrected chi connectivity index (χ2v) is 7.27. The summed E-state index contributed by atoms with van der Waals surface area (Å²) in [5, 5.41) is 0. The Labute approximate surface area is 147 Å². The molecule has 7 nitrogen and oxygen atoms in total. The molecular formula is C18H26N4O3. The number of carbonyl (C=O) groups is 2. The molecule has 136 valence electrons. The van der Waals surface area contributed by atoms with Gasteiger partial charge in [0.2, 0.25) is 5.91 Å². The minimum Gasteiger partial charge on any atom is -0.352 e. The number of piperidine rings is 1. The molecule has 0 unspecified atom stereocenters. The monoisotopic (exact) mass is 346 g/mol. The lowest BCUT2D eigenvalue weighted by Crippen LogP contribution is -2.55. The highest BCUT2D eigenvalue weighted by molar-refractivity contribution is 5.81. The van der Waals surface area contributed by atoms with E-state index in [0.29, 0.717) is 38.9 Å². The van der Waals surface area contributed by atoms with E-state index in [1.165, 1.54) is 0 Å². The van der Waals surface area contributed by atoms with E-state index in [2.05, 4.69) is 9.55 Å². The lowest BCUT2D eigenvalue weighted by molar-refractivity contribution is -0.182. The van der Waals surface area contributed by atoms with Gasteiger partial charge in [0.1, 0.15) is 11.4 Å². The Balaban J connectivity index is 1.55. The first-order chi connectivity index (χ1) is 12.1. The lowest BCUT2D eigenvalue weighted by atomic mass is 9.88. The van der Waals surface area contributed by atoms with Crippen molar-refractivity contribution < 1.29 is 14.3 Å². The third kappa shape index (κ3) is 2.84. The summed E-state index contributed by atoms with van der Waals surface area (Å²) in [6.45, 7) is 5.40. The minimum absolute atomic E-state index is 0.100. The van der Waals surface area contributed by atoms with Crippen molar-refractivity contribution in [2.45, 2.75) is 57.3 Å². The van der Waals surface area contributed by atoms with Crippen molar-refractivity contribution in [3.63, 3.8) is 0 Å². The van der Waals surface area contributed by atoms with Crippen molar-refractivity contribution in [3.05, 3.63) is 18.2 Å². The van der Waals surface area contributed by atoms with Crippen LogP contribution in [0, 0.1) is 0 Å². The molecule has 0 saturated carbocycles. The van der Waals surface area contributed by atoms with E-state index in [-0.39, 0.29) is 11.8 Å². The average Bonchev–Trinajstić information content (AvgIpc) is 3.33. The molecule has 1 atom stereocenters. The summed E-state index contributed by atoms with van der Waals surface area (Å²) in [6, 6.07) is 0. The predicted octanol–water partition coefficient (Wildman–Crippen LogP) is 1.13. The zero-order valence-corrected chi connectivity index (χ0v) is 14.8. The number of aromatic nitrogens is 2. The summed E-state index contributed by atoms with van der Waals surface area (Å²) >= 11 is 0. The maximum absolute atomic E-state index is 12.9. The van der Waals surface area contributed by atoms with Crippen molar-refractivity contribution in [3.8, 4) is 0 Å². The maximum Gasteiger partial charge on any atom is 0.253 e. The van der Waals surface area contributed by atoms with Gasteiger partial charge in [0.15, 0.2) is 6.10 Å². The van der Waals surface area contributed by atoms with Gasteiger partial charge in [0.25, 0.3) is 5.91 Å². The van der Waals surface area contributed by atoms with E-state index < -0.39 is 11.7 Å². The molecule has 25 heavy (non-hydrogen) atoms. The number of nitrogens with zero attached hydrogens (tertiary/aromatic N) is 4. The van der Waals surface area contributed by atoms with E-state index in [0.717, 1.165) is 31.8 Å². The van der Waals surface area contributed by atoms with Gasteiger partial charge in [0, 0.05) is 57.8 Å². The van der Waals surface area contributed by atoms with Crippen LogP contribution in [0.5, 0.6) is 0 Å². The molecule has 0 bridgehead atoms. The van der Waals surface area contributed by atoms with Crippen LogP contribution in [0.25, 0.3) is 0 Å². The number of hydrogen-bond donors (Lipinski definition) is 0. The summed E-state index contributed by atoms with van der Waals surface area (Å²) in [7, 11) is 0. The summed E-state index contributed by atoms with van der Waals surface area (Å²) in [6.07, 6.45) is 7.34. The molecule has 3 aliphatic heterocycles. The topological polar surface area (TPSA) is 67.7 Å². The van der Waals surface area contributed by atoms with Crippen LogP contribution in [0.2, 0.25) is 0 Å². The normalized spacial score (nSPS) is 25.2. The second kappa shape index (κ2) is 6.44. The third-order valence-electron chi connectivity index (χ3n) is 5.77. The van der Waals surface area contributed by atoms with E-state index in [1.807, 2.05) is 22.9 Å². The summed E-state index contributed by atoms with van der Waals surface area (Å²) < 4.78 is 8.49. The zero-order chi connectivity index (χ0) is 17.4. The van der Waals surface area contributed by atoms with Gasteiger partial charge in [-0.3, -0.25) is 9.59 Å². The highest BCUT2D eigenvalue weighted by Crippen LogP contribution is 2.40. The van der Waals surface area contributed by atoms with Crippen LogP contribution in [0.3, 0.4) is 0 Å². The van der Waals surface area contributed by atoms with E-state index >= 15 is 0 Å². The van der Waals surface area contributed by atoms with Crippen LogP contribution in [-0.4, -0.2) is 63.4 Å². The standard InChI is InChI=1S/C18H26N4O3/c1-2-15(23)20-10-5-18(6-11-20)17-19-7-12-22(17)13-14(25-18)16(24)21-8-3-4-9-21/h7,12,14H,2-6,8-11,13H2,1H3/t14-/m0/s1. The number of carbonyl (C=O) groups excluding carboxylic acids is 2. The molecule has 2 saturated heterocycles. The number of amides is 2. The molecule has 1 spiro atoms. The average molecular weight is 346 g/mol. The number of fused-ring (bicyclic) bond motifs is 2. The Kier molecular flexibility index (Phi) is 4.27. The zero-order valence-electron chi connectivity index (χ0n) is 14.8. The fourth-order valence-corrected chi connectivity index (χ4v) is 4.35. The molecule has 1 aromatic heterocycles.